The molecule has 0 unspecified atom stereocenters. The number of nitrogens with zero attached hydrogens (tertiary/aromatic N) is 4. The molecule has 36 heavy (non-hydrogen) atoms. The first kappa shape index (κ1) is 24.0. The highest BCUT2D eigenvalue weighted by molar-refractivity contribution is 7.99. The van der Waals surface area contributed by atoms with Gasteiger partial charge in [0.25, 0.3) is 0 Å². The maximum Gasteiger partial charge on any atom is 0.236 e. The lowest BCUT2D eigenvalue weighted by Gasteiger charge is -2.12. The summed E-state index contributed by atoms with van der Waals surface area (Å²) in [4.78, 5) is 18.3. The molecule has 8 heteroatoms. The molecule has 0 aliphatic heterocycles. The van der Waals surface area contributed by atoms with Crippen molar-refractivity contribution in [3.8, 4) is 17.1 Å². The van der Waals surface area contributed by atoms with Crippen molar-refractivity contribution in [2.45, 2.75) is 25.4 Å². The lowest BCUT2D eigenvalue weighted by molar-refractivity contribution is -0.113. The molecule has 0 radical (unpaired) electrons. The molecule has 6 nitrogen and oxygen atoms in total. The van der Waals surface area contributed by atoms with Crippen molar-refractivity contribution in [2.75, 3.05) is 11.1 Å². The van der Waals surface area contributed by atoms with Gasteiger partial charge in [0, 0.05) is 23.1 Å². The van der Waals surface area contributed by atoms with E-state index in [1.807, 2.05) is 59.3 Å². The molecule has 0 saturated carbocycles. The summed E-state index contributed by atoms with van der Waals surface area (Å²) in [5.74, 6) is 0.816. The Bertz CT molecular complexity index is 1480. The number of thiazole rings is 1. The van der Waals surface area contributed by atoms with Crippen molar-refractivity contribution in [2.24, 2.45) is 0 Å². The van der Waals surface area contributed by atoms with Gasteiger partial charge in [-0.25, -0.2) is 4.98 Å². The lowest BCUT2D eigenvalue weighted by atomic mass is 10.1. The number of nitrogens with one attached hydrogen (secondary N) is 1. The number of hydrogen-bond acceptors (Lipinski definition) is 6. The van der Waals surface area contributed by atoms with E-state index in [2.05, 4.69) is 64.7 Å². The van der Waals surface area contributed by atoms with Crippen LogP contribution in [0.2, 0.25) is 0 Å². The minimum Gasteiger partial charge on any atom is -0.301 e. The molecular weight excluding hydrogens is 486 g/mol. The zero-order chi connectivity index (χ0) is 24.9. The number of rotatable bonds is 8. The first-order valence-corrected chi connectivity index (χ1v) is 13.4. The van der Waals surface area contributed by atoms with E-state index in [-0.39, 0.29) is 11.7 Å². The molecule has 3 aromatic carbocycles. The van der Waals surface area contributed by atoms with Crippen LogP contribution in [-0.2, 0) is 11.2 Å². The van der Waals surface area contributed by atoms with Gasteiger partial charge in [0.2, 0.25) is 5.91 Å². The van der Waals surface area contributed by atoms with Gasteiger partial charge in [0.15, 0.2) is 16.1 Å². The van der Waals surface area contributed by atoms with E-state index < -0.39 is 0 Å². The monoisotopic (exact) mass is 511 g/mol. The van der Waals surface area contributed by atoms with Crippen LogP contribution in [0.1, 0.15) is 21.6 Å². The highest BCUT2D eigenvalue weighted by atomic mass is 32.2. The zero-order valence-electron chi connectivity index (χ0n) is 20.0. The first-order valence-electron chi connectivity index (χ1n) is 11.6. The average Bonchev–Trinajstić information content (AvgIpc) is 3.52. The second kappa shape index (κ2) is 10.9. The molecule has 0 spiro atoms. The van der Waals surface area contributed by atoms with Gasteiger partial charge < -0.3 is 5.32 Å². The standard InChI is InChI=1S/C28H25N5OS2/c1-19-12-14-21(15-13-19)16-23-17-29-27(36-23)30-25(34)18-35-28-32-31-26(22-9-4-3-5-10-22)33(28)24-11-7-6-8-20(24)2/h3-15,17H,16,18H2,1-2H3,(H,29,30,34). The van der Waals surface area contributed by atoms with Crippen LogP contribution in [0.3, 0.4) is 0 Å². The molecule has 1 amide bonds. The van der Waals surface area contributed by atoms with Gasteiger partial charge in [-0.3, -0.25) is 9.36 Å². The second-order valence-electron chi connectivity index (χ2n) is 8.43. The molecule has 0 bridgehead atoms. The predicted octanol–water partition coefficient (Wildman–Crippen LogP) is 6.33. The van der Waals surface area contributed by atoms with Gasteiger partial charge in [0.1, 0.15) is 0 Å². The van der Waals surface area contributed by atoms with Crippen LogP contribution in [0.4, 0.5) is 5.13 Å². The van der Waals surface area contributed by atoms with Gasteiger partial charge in [-0.05, 0) is 31.0 Å². The highest BCUT2D eigenvalue weighted by Gasteiger charge is 2.18. The minimum atomic E-state index is -0.128. The fourth-order valence-corrected chi connectivity index (χ4v) is 5.42. The molecule has 0 saturated heterocycles. The number of aromatic nitrogens is 4. The van der Waals surface area contributed by atoms with E-state index in [0.29, 0.717) is 10.3 Å². The fraction of sp³-hybridized carbons (Fsp3) is 0.143. The van der Waals surface area contributed by atoms with Crippen LogP contribution < -0.4 is 5.32 Å². The molecule has 0 fully saturated rings. The minimum absolute atomic E-state index is 0.128. The number of carbonyl (C=O) groups excluding carboxylic acids is 1. The third-order valence-electron chi connectivity index (χ3n) is 5.65. The van der Waals surface area contributed by atoms with Gasteiger partial charge in [-0.1, -0.05) is 90.1 Å². The summed E-state index contributed by atoms with van der Waals surface area (Å²) in [5.41, 5.74) is 5.52. The van der Waals surface area contributed by atoms with E-state index >= 15 is 0 Å². The van der Waals surface area contributed by atoms with Gasteiger partial charge in [-0.15, -0.1) is 21.5 Å². The molecular formula is C28H25N5OS2. The summed E-state index contributed by atoms with van der Waals surface area (Å²) < 4.78 is 2.02. The molecule has 5 rings (SSSR count). The van der Waals surface area contributed by atoms with Crippen LogP contribution in [0.25, 0.3) is 17.1 Å². The van der Waals surface area contributed by atoms with Crippen LogP contribution in [-0.4, -0.2) is 31.4 Å². The summed E-state index contributed by atoms with van der Waals surface area (Å²) in [6.07, 6.45) is 2.62. The van der Waals surface area contributed by atoms with Crippen LogP contribution in [0, 0.1) is 13.8 Å². The van der Waals surface area contributed by atoms with Crippen molar-refractivity contribution in [3.05, 3.63) is 107 Å². The summed E-state index contributed by atoms with van der Waals surface area (Å²) in [5, 5.41) is 13.1. The third-order valence-corrected chi connectivity index (χ3v) is 7.49. The lowest BCUT2D eigenvalue weighted by Crippen LogP contribution is -2.14. The Hall–Kier alpha value is -3.75. The largest absolute Gasteiger partial charge is 0.301 e. The normalized spacial score (nSPS) is 10.9. The molecule has 0 atom stereocenters. The van der Waals surface area contributed by atoms with Crippen molar-refractivity contribution in [1.82, 2.24) is 19.7 Å². The molecule has 0 aliphatic rings. The maximum absolute atomic E-state index is 12.8. The average molecular weight is 512 g/mol. The number of carbonyl (C=O) groups is 1. The number of thioether (sulfide) groups is 1. The molecule has 2 heterocycles. The van der Waals surface area contributed by atoms with E-state index in [1.165, 1.54) is 34.2 Å². The number of amides is 1. The summed E-state index contributed by atoms with van der Waals surface area (Å²) in [7, 11) is 0. The highest BCUT2D eigenvalue weighted by Crippen LogP contribution is 2.29. The Morgan fingerprint density at radius 2 is 1.69 bits per heavy atom. The fourth-order valence-electron chi connectivity index (χ4n) is 3.81. The van der Waals surface area contributed by atoms with Crippen LogP contribution in [0.15, 0.2) is 90.2 Å². The topological polar surface area (TPSA) is 72.7 Å². The second-order valence-corrected chi connectivity index (χ2v) is 10.5. The van der Waals surface area contributed by atoms with Crippen molar-refractivity contribution >= 4 is 34.1 Å². The molecule has 2 aromatic heterocycles. The van der Waals surface area contributed by atoms with Gasteiger partial charge >= 0.3 is 0 Å². The Kier molecular flexibility index (Phi) is 7.25. The Morgan fingerprint density at radius 1 is 0.944 bits per heavy atom. The van der Waals surface area contributed by atoms with Crippen LogP contribution in [0.5, 0.6) is 0 Å². The van der Waals surface area contributed by atoms with Crippen molar-refractivity contribution < 1.29 is 4.79 Å². The van der Waals surface area contributed by atoms with E-state index in [9.17, 15) is 4.79 Å². The Labute approximate surface area is 218 Å². The van der Waals surface area contributed by atoms with E-state index in [4.69, 9.17) is 0 Å². The number of benzene rings is 3. The molecule has 0 aliphatic carbocycles. The van der Waals surface area contributed by atoms with Crippen LogP contribution >= 0.6 is 23.1 Å². The SMILES string of the molecule is Cc1ccc(Cc2cnc(NC(=O)CSc3nnc(-c4ccccc4)n3-c3ccccc3C)s2)cc1. The smallest absolute Gasteiger partial charge is 0.236 e. The molecule has 5 aromatic rings. The molecule has 1 N–H and O–H groups in total. The number of aryl methyl sites for hydroxylation is 2. The third kappa shape index (κ3) is 5.56. The maximum atomic E-state index is 12.8. The van der Waals surface area contributed by atoms with E-state index in [0.717, 1.165) is 33.9 Å². The van der Waals surface area contributed by atoms with Gasteiger partial charge in [0.05, 0.1) is 11.4 Å². The number of hydrogen-bond donors (Lipinski definition) is 1. The Balaban J connectivity index is 1.29. The quantitative estimate of drug-likeness (QED) is 0.247. The van der Waals surface area contributed by atoms with E-state index in [1.54, 1.807) is 0 Å². The summed E-state index contributed by atoms with van der Waals surface area (Å²) >= 11 is 2.86. The van der Waals surface area contributed by atoms with Gasteiger partial charge in [-0.2, -0.15) is 0 Å². The first-order chi connectivity index (χ1) is 17.6. The Morgan fingerprint density at radius 3 is 2.47 bits per heavy atom. The zero-order valence-corrected chi connectivity index (χ0v) is 21.6. The number of anilines is 1. The predicted molar refractivity (Wildman–Crippen MR) is 147 cm³/mol. The molecule has 180 valence electrons. The number of para-hydroxylation sites is 1. The summed E-state index contributed by atoms with van der Waals surface area (Å²) in [6.45, 7) is 4.13. The summed E-state index contributed by atoms with van der Waals surface area (Å²) in [6, 6.07) is 26.5. The van der Waals surface area contributed by atoms with Crippen molar-refractivity contribution in [3.63, 3.8) is 0 Å². The van der Waals surface area contributed by atoms with Crippen molar-refractivity contribution in [1.29, 1.82) is 0 Å².